The third-order valence-corrected chi connectivity index (χ3v) is 3.64. The smallest absolute Gasteiger partial charge is 0.134 e. The van der Waals surface area contributed by atoms with Gasteiger partial charge in [-0.05, 0) is 31.6 Å². The van der Waals surface area contributed by atoms with Crippen molar-refractivity contribution in [1.82, 2.24) is 9.97 Å². The average Bonchev–Trinajstić information content (AvgIpc) is 2.31. The fraction of sp³-hybridized carbons (Fsp3) is 0.667. The highest BCUT2D eigenvalue weighted by atomic mass is 35.5. The Balaban J connectivity index is 1.89. The molecule has 1 heterocycles. The fourth-order valence-electron chi connectivity index (χ4n) is 2.16. The number of hydrogen-bond acceptors (Lipinski definition) is 4. The van der Waals surface area contributed by atoms with Crippen LogP contribution in [0.1, 0.15) is 32.6 Å². The van der Waals surface area contributed by atoms with E-state index in [0.29, 0.717) is 17.5 Å². The van der Waals surface area contributed by atoms with E-state index in [4.69, 9.17) is 11.6 Å². The van der Waals surface area contributed by atoms with Crippen LogP contribution in [0, 0.1) is 5.92 Å². The van der Waals surface area contributed by atoms with Crippen LogP contribution in [0.15, 0.2) is 12.4 Å². The lowest BCUT2D eigenvalue weighted by Crippen LogP contribution is -2.40. The van der Waals surface area contributed by atoms with Gasteiger partial charge < -0.3 is 10.4 Å². The van der Waals surface area contributed by atoms with E-state index in [2.05, 4.69) is 22.2 Å². The number of anilines is 1. The van der Waals surface area contributed by atoms with Gasteiger partial charge in [-0.2, -0.15) is 0 Å². The first-order valence-electron chi connectivity index (χ1n) is 6.01. The molecule has 1 saturated carbocycles. The van der Waals surface area contributed by atoms with Gasteiger partial charge in [0.1, 0.15) is 17.3 Å². The van der Waals surface area contributed by atoms with Crippen molar-refractivity contribution in [3.8, 4) is 0 Å². The highest BCUT2D eigenvalue weighted by molar-refractivity contribution is 6.29. The molecule has 1 aliphatic rings. The van der Waals surface area contributed by atoms with Gasteiger partial charge in [0.2, 0.25) is 0 Å². The molecule has 1 aromatic rings. The van der Waals surface area contributed by atoms with Gasteiger partial charge in [-0.1, -0.05) is 18.5 Å². The molecule has 2 rings (SSSR count). The minimum absolute atomic E-state index is 0.409. The predicted molar refractivity (Wildman–Crippen MR) is 68.1 cm³/mol. The number of halogens is 1. The van der Waals surface area contributed by atoms with Crippen LogP contribution in [0.3, 0.4) is 0 Å². The summed E-state index contributed by atoms with van der Waals surface area (Å²) >= 11 is 5.77. The lowest BCUT2D eigenvalue weighted by molar-refractivity contribution is 0.00494. The molecule has 0 bridgehead atoms. The van der Waals surface area contributed by atoms with Crippen LogP contribution in [0.4, 0.5) is 5.82 Å². The normalized spacial score (nSPS) is 29.0. The minimum atomic E-state index is -0.607. The van der Waals surface area contributed by atoms with E-state index in [-0.39, 0.29) is 0 Å². The van der Waals surface area contributed by atoms with Crippen molar-refractivity contribution in [2.24, 2.45) is 5.92 Å². The lowest BCUT2D eigenvalue weighted by atomic mass is 9.79. The highest BCUT2D eigenvalue weighted by Gasteiger charge is 2.31. The maximum Gasteiger partial charge on any atom is 0.134 e. The molecule has 0 aromatic carbocycles. The molecule has 0 aliphatic heterocycles. The third-order valence-electron chi connectivity index (χ3n) is 3.44. The van der Waals surface area contributed by atoms with Gasteiger partial charge >= 0.3 is 0 Å². The Bertz CT molecular complexity index is 378. The van der Waals surface area contributed by atoms with Gasteiger partial charge in [0.25, 0.3) is 0 Å². The molecule has 0 radical (unpaired) electrons. The zero-order valence-electron chi connectivity index (χ0n) is 9.99. The Hall–Kier alpha value is -0.870. The van der Waals surface area contributed by atoms with Crippen LogP contribution in [0.2, 0.25) is 5.15 Å². The van der Waals surface area contributed by atoms with E-state index in [1.165, 1.54) is 6.33 Å². The highest BCUT2D eigenvalue weighted by Crippen LogP contribution is 2.31. The summed E-state index contributed by atoms with van der Waals surface area (Å²) in [6.07, 6.45) is 5.28. The van der Waals surface area contributed by atoms with Crippen LogP contribution in [-0.2, 0) is 0 Å². The van der Waals surface area contributed by atoms with Crippen molar-refractivity contribution in [3.63, 3.8) is 0 Å². The van der Waals surface area contributed by atoms with E-state index < -0.39 is 5.60 Å². The van der Waals surface area contributed by atoms with Gasteiger partial charge in [-0.3, -0.25) is 0 Å². The molecule has 2 N–H and O–H groups in total. The Morgan fingerprint density at radius 1 is 1.47 bits per heavy atom. The number of hydrogen-bond donors (Lipinski definition) is 2. The summed E-state index contributed by atoms with van der Waals surface area (Å²) in [7, 11) is 0. The Morgan fingerprint density at radius 2 is 2.18 bits per heavy atom. The van der Waals surface area contributed by atoms with Crippen LogP contribution in [-0.4, -0.2) is 27.2 Å². The van der Waals surface area contributed by atoms with Crippen molar-refractivity contribution in [2.45, 2.75) is 38.2 Å². The van der Waals surface area contributed by atoms with E-state index in [1.54, 1.807) is 6.07 Å². The fourth-order valence-corrected chi connectivity index (χ4v) is 2.31. The number of rotatable bonds is 3. The Morgan fingerprint density at radius 3 is 2.82 bits per heavy atom. The molecule has 0 spiro atoms. The number of nitrogens with zero attached hydrogens (tertiary/aromatic N) is 2. The van der Waals surface area contributed by atoms with Crippen molar-refractivity contribution in [3.05, 3.63) is 17.5 Å². The summed E-state index contributed by atoms with van der Waals surface area (Å²) in [5.74, 6) is 1.39. The topological polar surface area (TPSA) is 58.0 Å². The first-order valence-corrected chi connectivity index (χ1v) is 6.39. The Kier molecular flexibility index (Phi) is 3.84. The van der Waals surface area contributed by atoms with Crippen LogP contribution in [0.25, 0.3) is 0 Å². The monoisotopic (exact) mass is 255 g/mol. The number of nitrogens with one attached hydrogen (secondary N) is 1. The second-order valence-corrected chi connectivity index (χ2v) is 5.37. The maximum absolute atomic E-state index is 10.4. The van der Waals surface area contributed by atoms with Gasteiger partial charge in [0.15, 0.2) is 0 Å². The summed E-state index contributed by atoms with van der Waals surface area (Å²) in [6.45, 7) is 2.75. The standard InChI is InChI=1S/C12H18ClN3O/c1-9-2-4-12(17,5-3-9)7-14-11-6-10(13)15-8-16-11/h6,8-9,17H,2-5,7H2,1H3,(H,14,15,16). The molecule has 1 fully saturated rings. The molecule has 4 nitrogen and oxygen atoms in total. The zero-order chi connectivity index (χ0) is 12.3. The van der Waals surface area contributed by atoms with Crippen LogP contribution < -0.4 is 5.32 Å². The molecule has 0 amide bonds. The minimum Gasteiger partial charge on any atom is -0.388 e. The number of aliphatic hydroxyl groups is 1. The van der Waals surface area contributed by atoms with Crippen molar-refractivity contribution >= 4 is 17.4 Å². The summed E-state index contributed by atoms with van der Waals surface area (Å²) in [6, 6.07) is 1.66. The summed E-state index contributed by atoms with van der Waals surface area (Å²) < 4.78 is 0. The van der Waals surface area contributed by atoms with Crippen molar-refractivity contribution < 1.29 is 5.11 Å². The van der Waals surface area contributed by atoms with Crippen molar-refractivity contribution in [2.75, 3.05) is 11.9 Å². The molecule has 0 saturated heterocycles. The first kappa shape index (κ1) is 12.6. The molecular weight excluding hydrogens is 238 g/mol. The van der Waals surface area contributed by atoms with Gasteiger partial charge in [-0.15, -0.1) is 0 Å². The van der Waals surface area contributed by atoms with Crippen LogP contribution >= 0.6 is 11.6 Å². The van der Waals surface area contributed by atoms with Crippen molar-refractivity contribution in [1.29, 1.82) is 0 Å². The summed E-state index contributed by atoms with van der Waals surface area (Å²) in [5.41, 5.74) is -0.607. The molecule has 1 aliphatic carbocycles. The third kappa shape index (κ3) is 3.54. The molecule has 5 heteroatoms. The lowest BCUT2D eigenvalue weighted by Gasteiger charge is -2.35. The second kappa shape index (κ2) is 5.19. The van der Waals surface area contributed by atoms with Gasteiger partial charge in [-0.25, -0.2) is 9.97 Å². The SMILES string of the molecule is CC1CCC(O)(CNc2cc(Cl)ncn2)CC1. The van der Waals surface area contributed by atoms with Gasteiger partial charge in [0, 0.05) is 12.6 Å². The van der Waals surface area contributed by atoms with E-state index in [0.717, 1.165) is 31.6 Å². The number of aromatic nitrogens is 2. The largest absolute Gasteiger partial charge is 0.388 e. The molecule has 0 atom stereocenters. The molecule has 0 unspecified atom stereocenters. The van der Waals surface area contributed by atoms with E-state index >= 15 is 0 Å². The maximum atomic E-state index is 10.4. The average molecular weight is 256 g/mol. The molecule has 17 heavy (non-hydrogen) atoms. The van der Waals surface area contributed by atoms with Gasteiger partial charge in [0.05, 0.1) is 5.60 Å². The first-order chi connectivity index (χ1) is 8.07. The van der Waals surface area contributed by atoms with E-state index in [1.807, 2.05) is 0 Å². The molecular formula is C12H18ClN3O. The predicted octanol–water partition coefficient (Wildman–Crippen LogP) is 2.48. The van der Waals surface area contributed by atoms with Crippen LogP contribution in [0.5, 0.6) is 0 Å². The van der Waals surface area contributed by atoms with E-state index in [9.17, 15) is 5.11 Å². The second-order valence-electron chi connectivity index (χ2n) is 4.99. The summed E-state index contributed by atoms with van der Waals surface area (Å²) in [4.78, 5) is 7.87. The quantitative estimate of drug-likeness (QED) is 0.815. The Labute approximate surface area is 106 Å². The molecule has 94 valence electrons. The molecule has 1 aromatic heterocycles. The zero-order valence-corrected chi connectivity index (χ0v) is 10.7. The summed E-state index contributed by atoms with van der Waals surface area (Å²) in [5, 5.41) is 13.9.